The van der Waals surface area contributed by atoms with E-state index in [9.17, 15) is 23.7 Å². The van der Waals surface area contributed by atoms with Crippen molar-refractivity contribution in [1.29, 1.82) is 0 Å². The molecule has 2 aliphatic rings. The van der Waals surface area contributed by atoms with Gasteiger partial charge in [-0.3, -0.25) is 9.36 Å². The molecule has 0 spiro atoms. The number of aromatic nitrogens is 1. The average Bonchev–Trinajstić information content (AvgIpc) is 3.42. The lowest BCUT2D eigenvalue weighted by Crippen LogP contribution is -2.48. The van der Waals surface area contributed by atoms with Gasteiger partial charge >= 0.3 is 18.0 Å². The number of carbonyl (C=O) groups is 4. The Morgan fingerprint density at radius 3 is 2.51 bits per heavy atom. The second kappa shape index (κ2) is 10.8. The number of ether oxygens (including phenoxy) is 2. The fourth-order valence-corrected chi connectivity index (χ4v) is 5.23. The molecule has 1 saturated heterocycles. The Bertz CT molecular complexity index is 1500. The maximum atomic E-state index is 14.9. The Morgan fingerprint density at radius 1 is 1.10 bits per heavy atom. The first-order chi connectivity index (χ1) is 19.4. The molecular weight excluding hydrogens is 533 g/mol. The van der Waals surface area contributed by atoms with E-state index in [0.29, 0.717) is 28.6 Å². The number of hydrogen-bond acceptors (Lipinski definition) is 6. The molecule has 3 aromatic rings. The zero-order chi connectivity index (χ0) is 29.5. The summed E-state index contributed by atoms with van der Waals surface area (Å²) in [5.41, 5.74) is 6.14. The number of esters is 1. The smallest absolute Gasteiger partial charge is 0.344 e. The van der Waals surface area contributed by atoms with Gasteiger partial charge in [-0.15, -0.1) is 0 Å². The summed E-state index contributed by atoms with van der Waals surface area (Å²) in [7, 11) is 0. The molecule has 0 unspecified atom stereocenters. The predicted molar refractivity (Wildman–Crippen MR) is 148 cm³/mol. The third-order valence-electron chi connectivity index (χ3n) is 7.06. The summed E-state index contributed by atoms with van der Waals surface area (Å²) in [5.74, 6) is -0.918. The maximum Gasteiger partial charge on any atom is 0.344 e. The van der Waals surface area contributed by atoms with Crippen LogP contribution >= 0.6 is 0 Å². The zero-order valence-electron chi connectivity index (χ0n) is 23.0. The number of halogens is 1. The van der Waals surface area contributed by atoms with Gasteiger partial charge in [-0.1, -0.05) is 34.8 Å². The Balaban J connectivity index is 1.34. The standard InChI is InChI=1S/C29H32FN5O6/c1-29(2,3)41-25(36)16-40-19-9-10-22-20(13-19)21(15-33(22)27(31)38)32-28(39)35-23-11-18(23)12-24(35)26(37)34(30)14-17-7-5-4-6-8-17/h4-10,13,15,18,23-24H,11-12,14,16H2,1-3H3,(H2,31,38)(H,32,39)/t18-,23-,24+/m1/s1. The summed E-state index contributed by atoms with van der Waals surface area (Å²) in [6.45, 7) is 4.67. The minimum absolute atomic E-state index is 0.125. The quantitative estimate of drug-likeness (QED) is 0.326. The summed E-state index contributed by atoms with van der Waals surface area (Å²) in [6.07, 6.45) is 2.47. The third kappa shape index (κ3) is 6.11. The van der Waals surface area contributed by atoms with Crippen molar-refractivity contribution >= 4 is 40.5 Å². The van der Waals surface area contributed by atoms with Crippen LogP contribution < -0.4 is 15.8 Å². The zero-order valence-corrected chi connectivity index (χ0v) is 23.0. The molecule has 1 aliphatic heterocycles. The van der Waals surface area contributed by atoms with Crippen LogP contribution in [0.1, 0.15) is 39.2 Å². The van der Waals surface area contributed by atoms with E-state index < -0.39 is 35.6 Å². The van der Waals surface area contributed by atoms with Crippen LogP contribution in [0, 0.1) is 5.92 Å². The van der Waals surface area contributed by atoms with Crippen molar-refractivity contribution in [1.82, 2.24) is 14.6 Å². The summed E-state index contributed by atoms with van der Waals surface area (Å²) in [6, 6.07) is 11.0. The molecular formula is C29H32FN5O6. The second-order valence-electron chi connectivity index (χ2n) is 11.3. The molecule has 0 bridgehead atoms. The number of hydrogen-bond donors (Lipinski definition) is 2. The molecule has 5 rings (SSSR count). The minimum atomic E-state index is -0.954. The number of piperidine rings is 1. The average molecular weight is 566 g/mol. The molecule has 2 aromatic carbocycles. The summed E-state index contributed by atoms with van der Waals surface area (Å²) < 4.78 is 26.9. The van der Waals surface area contributed by atoms with Gasteiger partial charge in [-0.2, -0.15) is 5.12 Å². The van der Waals surface area contributed by atoms with Crippen LogP contribution in [0.5, 0.6) is 5.75 Å². The van der Waals surface area contributed by atoms with Gasteiger partial charge in [0.25, 0.3) is 5.91 Å². The fourth-order valence-electron chi connectivity index (χ4n) is 5.23. The van der Waals surface area contributed by atoms with Crippen molar-refractivity contribution < 1.29 is 33.1 Å². The van der Waals surface area contributed by atoms with Crippen molar-refractivity contribution in [2.24, 2.45) is 11.7 Å². The van der Waals surface area contributed by atoms with Gasteiger partial charge in [-0.25, -0.2) is 14.4 Å². The molecule has 4 amide bonds. The number of nitrogens with two attached hydrogens (primary N) is 1. The van der Waals surface area contributed by atoms with E-state index in [-0.39, 0.29) is 35.9 Å². The van der Waals surface area contributed by atoms with Crippen molar-refractivity contribution in [3.8, 4) is 5.75 Å². The largest absolute Gasteiger partial charge is 0.482 e. The lowest BCUT2D eigenvalue weighted by molar-refractivity contribution is -0.157. The highest BCUT2D eigenvalue weighted by atomic mass is 19.2. The van der Waals surface area contributed by atoms with Gasteiger partial charge in [0.2, 0.25) is 0 Å². The van der Waals surface area contributed by atoms with E-state index in [1.807, 2.05) is 0 Å². The SMILES string of the molecule is CC(C)(C)OC(=O)COc1ccc2c(c1)c(NC(=O)N1[C@@H]3C[C@@H]3C[C@H]1C(=O)N(F)Cc1ccccc1)cn2C(N)=O. The Kier molecular flexibility index (Phi) is 7.33. The van der Waals surface area contributed by atoms with Crippen LogP contribution in [0.25, 0.3) is 10.9 Å². The van der Waals surface area contributed by atoms with Gasteiger partial charge in [-0.05, 0) is 63.3 Å². The first kappa shape index (κ1) is 27.9. The van der Waals surface area contributed by atoms with Gasteiger partial charge in [0.05, 0.1) is 17.7 Å². The molecule has 3 atom stereocenters. The maximum absolute atomic E-state index is 14.9. The molecule has 2 fully saturated rings. The van der Waals surface area contributed by atoms with Crippen LogP contribution in [-0.2, 0) is 20.9 Å². The normalized spacial score (nSPS) is 19.4. The second-order valence-corrected chi connectivity index (χ2v) is 11.3. The Labute approximate surface area is 235 Å². The first-order valence-corrected chi connectivity index (χ1v) is 13.3. The van der Waals surface area contributed by atoms with Gasteiger partial charge in [0, 0.05) is 17.6 Å². The number of fused-ring (bicyclic) bond motifs is 2. The topological polar surface area (TPSA) is 136 Å². The summed E-state index contributed by atoms with van der Waals surface area (Å²) in [4.78, 5) is 52.1. The molecule has 3 N–H and O–H groups in total. The molecule has 2 heterocycles. The lowest BCUT2D eigenvalue weighted by atomic mass is 10.1. The molecule has 12 heteroatoms. The summed E-state index contributed by atoms with van der Waals surface area (Å²) in [5, 5.41) is 3.35. The number of nitrogens with zero attached hydrogens (tertiary/aromatic N) is 3. The number of primary amides is 1. The molecule has 1 aromatic heterocycles. The first-order valence-electron chi connectivity index (χ1n) is 13.3. The van der Waals surface area contributed by atoms with E-state index in [4.69, 9.17) is 15.2 Å². The Hall–Kier alpha value is -4.61. The van der Waals surface area contributed by atoms with Crippen molar-refractivity contribution in [2.75, 3.05) is 11.9 Å². The van der Waals surface area contributed by atoms with E-state index in [1.54, 1.807) is 69.3 Å². The van der Waals surface area contributed by atoms with Crippen LogP contribution in [0.2, 0.25) is 0 Å². The van der Waals surface area contributed by atoms with E-state index in [2.05, 4.69) is 5.32 Å². The van der Waals surface area contributed by atoms with Gasteiger partial charge in [0.1, 0.15) is 17.4 Å². The van der Waals surface area contributed by atoms with E-state index in [1.165, 1.54) is 11.1 Å². The monoisotopic (exact) mass is 565 g/mol. The predicted octanol–water partition coefficient (Wildman–Crippen LogP) is 4.20. The third-order valence-corrected chi connectivity index (χ3v) is 7.06. The molecule has 1 saturated carbocycles. The highest BCUT2D eigenvalue weighted by Crippen LogP contribution is 2.48. The number of carbonyl (C=O) groups excluding carboxylic acids is 4. The van der Waals surface area contributed by atoms with Crippen molar-refractivity contribution in [3.05, 3.63) is 60.3 Å². The van der Waals surface area contributed by atoms with E-state index in [0.717, 1.165) is 11.0 Å². The number of anilines is 1. The van der Waals surface area contributed by atoms with Crippen LogP contribution in [0.3, 0.4) is 0 Å². The molecule has 216 valence electrons. The molecule has 11 nitrogen and oxygen atoms in total. The molecule has 1 aliphatic carbocycles. The highest BCUT2D eigenvalue weighted by molar-refractivity contribution is 6.06. The molecule has 41 heavy (non-hydrogen) atoms. The fraction of sp³-hybridized carbons (Fsp3) is 0.379. The highest BCUT2D eigenvalue weighted by Gasteiger charge is 2.57. The van der Waals surface area contributed by atoms with Crippen LogP contribution in [0.15, 0.2) is 54.7 Å². The van der Waals surface area contributed by atoms with Crippen molar-refractivity contribution in [2.45, 2.75) is 57.8 Å². The minimum Gasteiger partial charge on any atom is -0.482 e. The van der Waals surface area contributed by atoms with Crippen molar-refractivity contribution in [3.63, 3.8) is 0 Å². The number of urea groups is 1. The van der Waals surface area contributed by atoms with Crippen LogP contribution in [-0.4, -0.2) is 62.8 Å². The van der Waals surface area contributed by atoms with Gasteiger partial charge in [0.15, 0.2) is 6.61 Å². The number of amides is 4. The number of nitrogens with one attached hydrogen (secondary N) is 1. The van der Waals surface area contributed by atoms with E-state index >= 15 is 0 Å². The molecule has 0 radical (unpaired) electrons. The Morgan fingerprint density at radius 2 is 1.83 bits per heavy atom. The van der Waals surface area contributed by atoms with Gasteiger partial charge < -0.3 is 25.4 Å². The number of benzene rings is 2. The summed E-state index contributed by atoms with van der Waals surface area (Å²) >= 11 is 0. The number of rotatable bonds is 7. The number of likely N-dealkylation sites (tertiary alicyclic amines) is 1. The lowest BCUT2D eigenvalue weighted by Gasteiger charge is -2.28. The van der Waals surface area contributed by atoms with Crippen LogP contribution in [0.4, 0.5) is 19.8 Å².